The van der Waals surface area contributed by atoms with Gasteiger partial charge in [0.2, 0.25) is 0 Å². The fraction of sp³-hybridized carbons (Fsp3) is 0.316. The number of piperidine rings is 1. The average molecular weight is 353 g/mol. The summed E-state index contributed by atoms with van der Waals surface area (Å²) >= 11 is 1.63. The van der Waals surface area contributed by atoms with Crippen LogP contribution in [0.1, 0.15) is 12.8 Å². The molecule has 1 fully saturated rings. The lowest BCUT2D eigenvalue weighted by Crippen LogP contribution is -2.39. The zero-order valence-corrected chi connectivity index (χ0v) is 14.8. The minimum absolute atomic E-state index is 0.0994. The second kappa shape index (κ2) is 6.80. The summed E-state index contributed by atoms with van der Waals surface area (Å²) in [7, 11) is 1.45. The number of para-hydroxylation sites is 1. The molecule has 1 saturated heterocycles. The maximum absolute atomic E-state index is 12.0. The van der Waals surface area contributed by atoms with Crippen LogP contribution in [-0.4, -0.2) is 36.1 Å². The van der Waals surface area contributed by atoms with Gasteiger partial charge in [-0.2, -0.15) is 0 Å². The van der Waals surface area contributed by atoms with E-state index in [1.807, 2.05) is 41.8 Å². The number of carbonyl (C=O) groups excluding carboxylic acids is 1. The SMILES string of the molecule is COC(=O)[C@H]1CCCN(c2nc(-c3cccs3)nc3ccccc23)C1. The number of nitrogens with zero attached hydrogens (tertiary/aromatic N) is 3. The van der Waals surface area contributed by atoms with Crippen LogP contribution in [0.5, 0.6) is 0 Å². The van der Waals surface area contributed by atoms with Gasteiger partial charge in [0.15, 0.2) is 5.82 Å². The Labute approximate surface area is 150 Å². The van der Waals surface area contributed by atoms with Gasteiger partial charge in [-0.3, -0.25) is 4.79 Å². The van der Waals surface area contributed by atoms with E-state index in [1.54, 1.807) is 11.3 Å². The molecule has 0 N–H and O–H groups in total. The lowest BCUT2D eigenvalue weighted by atomic mass is 9.98. The van der Waals surface area contributed by atoms with Gasteiger partial charge in [-0.1, -0.05) is 18.2 Å². The van der Waals surface area contributed by atoms with Crippen molar-refractivity contribution in [1.29, 1.82) is 0 Å². The van der Waals surface area contributed by atoms with E-state index in [4.69, 9.17) is 14.7 Å². The molecule has 3 aromatic rings. The number of methoxy groups -OCH3 is 1. The Balaban J connectivity index is 1.78. The summed E-state index contributed by atoms with van der Waals surface area (Å²) in [6, 6.07) is 12.1. The first-order chi connectivity index (χ1) is 12.3. The van der Waals surface area contributed by atoms with E-state index < -0.39 is 0 Å². The minimum atomic E-state index is -0.137. The highest BCUT2D eigenvalue weighted by atomic mass is 32.1. The van der Waals surface area contributed by atoms with Crippen molar-refractivity contribution in [2.24, 2.45) is 5.92 Å². The molecule has 0 amide bonds. The van der Waals surface area contributed by atoms with Gasteiger partial charge < -0.3 is 9.64 Å². The van der Waals surface area contributed by atoms with Crippen molar-refractivity contribution < 1.29 is 9.53 Å². The van der Waals surface area contributed by atoms with Gasteiger partial charge in [0.05, 0.1) is 23.4 Å². The van der Waals surface area contributed by atoms with Crippen molar-refractivity contribution in [3.05, 3.63) is 41.8 Å². The first-order valence-corrected chi connectivity index (χ1v) is 9.27. The monoisotopic (exact) mass is 353 g/mol. The summed E-state index contributed by atoms with van der Waals surface area (Å²) in [5.74, 6) is 1.41. The number of rotatable bonds is 3. The van der Waals surface area contributed by atoms with Gasteiger partial charge in [-0.25, -0.2) is 9.97 Å². The van der Waals surface area contributed by atoms with E-state index in [0.29, 0.717) is 6.54 Å². The third kappa shape index (κ3) is 3.09. The molecule has 0 saturated carbocycles. The number of hydrogen-bond acceptors (Lipinski definition) is 6. The standard InChI is InChI=1S/C19H19N3O2S/c1-24-19(23)13-6-4-10-22(12-13)18-14-7-2-3-8-15(14)20-17(21-18)16-9-5-11-25-16/h2-3,5,7-9,11,13H,4,6,10,12H2,1H3/t13-/m0/s1. The van der Waals surface area contributed by atoms with Gasteiger partial charge in [0.1, 0.15) is 5.82 Å². The Bertz CT molecular complexity index is 895. The van der Waals surface area contributed by atoms with E-state index in [0.717, 1.165) is 46.8 Å². The largest absolute Gasteiger partial charge is 0.469 e. The zero-order valence-electron chi connectivity index (χ0n) is 14.0. The van der Waals surface area contributed by atoms with Crippen molar-refractivity contribution in [1.82, 2.24) is 9.97 Å². The molecule has 0 spiro atoms. The maximum atomic E-state index is 12.0. The number of carbonyl (C=O) groups is 1. The number of esters is 1. The molecular weight excluding hydrogens is 334 g/mol. The van der Waals surface area contributed by atoms with Crippen LogP contribution in [0.3, 0.4) is 0 Å². The summed E-state index contributed by atoms with van der Waals surface area (Å²) in [5.41, 5.74) is 0.927. The van der Waals surface area contributed by atoms with Gasteiger partial charge in [0.25, 0.3) is 0 Å². The molecule has 6 heteroatoms. The lowest BCUT2D eigenvalue weighted by molar-refractivity contribution is -0.145. The molecule has 1 atom stereocenters. The molecule has 4 rings (SSSR count). The van der Waals surface area contributed by atoms with Crippen molar-refractivity contribution in [2.75, 3.05) is 25.1 Å². The predicted octanol–water partition coefficient (Wildman–Crippen LogP) is 3.75. The van der Waals surface area contributed by atoms with Gasteiger partial charge in [-0.15, -0.1) is 11.3 Å². The minimum Gasteiger partial charge on any atom is -0.469 e. The fourth-order valence-corrected chi connectivity index (χ4v) is 4.00. The van der Waals surface area contributed by atoms with Crippen LogP contribution < -0.4 is 4.90 Å². The van der Waals surface area contributed by atoms with Crippen LogP contribution in [0.15, 0.2) is 41.8 Å². The number of benzene rings is 1. The van der Waals surface area contributed by atoms with E-state index in [1.165, 1.54) is 7.11 Å². The van der Waals surface area contributed by atoms with Crippen LogP contribution >= 0.6 is 11.3 Å². The molecule has 3 heterocycles. The Morgan fingerprint density at radius 1 is 1.24 bits per heavy atom. The highest BCUT2D eigenvalue weighted by Crippen LogP contribution is 2.31. The summed E-state index contributed by atoms with van der Waals surface area (Å²) in [4.78, 5) is 24.8. The maximum Gasteiger partial charge on any atom is 0.310 e. The molecule has 0 unspecified atom stereocenters. The third-order valence-corrected chi connectivity index (χ3v) is 5.45. The molecule has 0 radical (unpaired) electrons. The number of ether oxygens (including phenoxy) is 1. The molecule has 5 nitrogen and oxygen atoms in total. The quantitative estimate of drug-likeness (QED) is 0.671. The molecule has 1 aliphatic heterocycles. The first-order valence-electron chi connectivity index (χ1n) is 8.39. The smallest absolute Gasteiger partial charge is 0.310 e. The number of anilines is 1. The van der Waals surface area contributed by atoms with Crippen molar-refractivity contribution in [3.8, 4) is 10.7 Å². The molecule has 25 heavy (non-hydrogen) atoms. The molecular formula is C19H19N3O2S. The van der Waals surface area contributed by atoms with Crippen LogP contribution in [0.25, 0.3) is 21.6 Å². The van der Waals surface area contributed by atoms with Gasteiger partial charge in [0, 0.05) is 18.5 Å². The number of thiophene rings is 1. The lowest BCUT2D eigenvalue weighted by Gasteiger charge is -2.33. The highest BCUT2D eigenvalue weighted by Gasteiger charge is 2.28. The van der Waals surface area contributed by atoms with E-state index in [9.17, 15) is 4.79 Å². The summed E-state index contributed by atoms with van der Waals surface area (Å²) < 4.78 is 4.95. The van der Waals surface area contributed by atoms with Gasteiger partial charge >= 0.3 is 5.97 Å². The molecule has 128 valence electrons. The highest BCUT2D eigenvalue weighted by molar-refractivity contribution is 7.13. The topological polar surface area (TPSA) is 55.3 Å². The summed E-state index contributed by atoms with van der Waals surface area (Å²) in [5, 5.41) is 3.05. The Morgan fingerprint density at radius 2 is 2.12 bits per heavy atom. The van der Waals surface area contributed by atoms with E-state index in [-0.39, 0.29) is 11.9 Å². The van der Waals surface area contributed by atoms with E-state index >= 15 is 0 Å². The zero-order chi connectivity index (χ0) is 17.2. The van der Waals surface area contributed by atoms with Gasteiger partial charge in [-0.05, 0) is 36.4 Å². The van der Waals surface area contributed by atoms with Crippen LogP contribution in [0.4, 0.5) is 5.82 Å². The first kappa shape index (κ1) is 16.0. The van der Waals surface area contributed by atoms with E-state index in [2.05, 4.69) is 4.90 Å². The Kier molecular flexibility index (Phi) is 4.36. The molecule has 1 aromatic carbocycles. The average Bonchev–Trinajstić information content (AvgIpc) is 3.21. The number of fused-ring (bicyclic) bond motifs is 1. The number of aromatic nitrogens is 2. The van der Waals surface area contributed by atoms with Crippen LogP contribution in [0, 0.1) is 5.92 Å². The van der Waals surface area contributed by atoms with Crippen LogP contribution in [0.2, 0.25) is 0 Å². The molecule has 1 aliphatic rings. The Morgan fingerprint density at radius 3 is 2.92 bits per heavy atom. The van der Waals surface area contributed by atoms with Crippen molar-refractivity contribution in [2.45, 2.75) is 12.8 Å². The fourth-order valence-electron chi connectivity index (χ4n) is 3.35. The van der Waals surface area contributed by atoms with Crippen molar-refractivity contribution >= 4 is 34.0 Å². The molecule has 0 bridgehead atoms. The second-order valence-electron chi connectivity index (χ2n) is 6.17. The number of hydrogen-bond donors (Lipinski definition) is 0. The summed E-state index contributed by atoms with van der Waals surface area (Å²) in [6.07, 6.45) is 1.82. The molecule has 0 aliphatic carbocycles. The summed E-state index contributed by atoms with van der Waals surface area (Å²) in [6.45, 7) is 1.52. The van der Waals surface area contributed by atoms with Crippen molar-refractivity contribution in [3.63, 3.8) is 0 Å². The Hall–Kier alpha value is -2.47. The third-order valence-electron chi connectivity index (χ3n) is 4.58. The normalized spacial score (nSPS) is 17.6. The van der Waals surface area contributed by atoms with Crippen LogP contribution in [-0.2, 0) is 9.53 Å². The predicted molar refractivity (Wildman–Crippen MR) is 99.8 cm³/mol. The second-order valence-corrected chi connectivity index (χ2v) is 7.12. The molecule has 2 aromatic heterocycles.